The molecule has 1 amide bonds. The van der Waals surface area contributed by atoms with Gasteiger partial charge in [-0.15, -0.1) is 0 Å². The molecular weight excluding hydrogens is 182 g/mol. The number of hydrogen-bond acceptors (Lipinski definition) is 3. The van der Waals surface area contributed by atoms with Crippen molar-refractivity contribution in [3.63, 3.8) is 0 Å². The lowest BCUT2D eigenvalue weighted by Gasteiger charge is -2.06. The fraction of sp³-hybridized carbons (Fsp3) is 0.667. The van der Waals surface area contributed by atoms with Crippen LogP contribution in [-0.4, -0.2) is 39.2 Å². The fourth-order valence-electron chi connectivity index (χ4n) is 0.569. The van der Waals surface area contributed by atoms with Crippen LogP contribution in [0.5, 0.6) is 0 Å². The quantitative estimate of drug-likeness (QED) is 0.597. The van der Waals surface area contributed by atoms with Gasteiger partial charge in [0.1, 0.15) is 11.0 Å². The Balaban J connectivity index is 4.10. The van der Waals surface area contributed by atoms with Crippen LogP contribution in [0.1, 0.15) is 6.92 Å². The van der Waals surface area contributed by atoms with Crippen LogP contribution in [0, 0.1) is 0 Å². The smallest absolute Gasteiger partial charge is 0.316 e. The number of amides is 1. The van der Waals surface area contributed by atoms with Crippen LogP contribution in [0.15, 0.2) is 0 Å². The van der Waals surface area contributed by atoms with E-state index >= 15 is 0 Å². The van der Waals surface area contributed by atoms with Gasteiger partial charge in [0.25, 0.3) is 0 Å². The maximum absolute atomic E-state index is 11.0. The summed E-state index contributed by atoms with van der Waals surface area (Å²) >= 11 is 0. The number of nitrogens with one attached hydrogen (secondary N) is 1. The second-order valence-electron chi connectivity index (χ2n) is 2.18. The van der Waals surface area contributed by atoms with E-state index in [-0.39, 0.29) is 0 Å². The number of rotatable bonds is 4. The highest BCUT2D eigenvalue weighted by Crippen LogP contribution is 1.95. The molecule has 2 N–H and O–H groups in total. The Morgan fingerprint density at radius 1 is 1.58 bits per heavy atom. The van der Waals surface area contributed by atoms with E-state index in [2.05, 4.69) is 5.32 Å². The summed E-state index contributed by atoms with van der Waals surface area (Å²) in [5.41, 5.74) is 0. The highest BCUT2D eigenvalue weighted by molar-refractivity contribution is 7.87. The number of hydrogen-bond donors (Lipinski definition) is 2. The molecule has 12 heavy (non-hydrogen) atoms. The molecule has 5 nitrogen and oxygen atoms in total. The highest BCUT2D eigenvalue weighted by Gasteiger charge is 2.20. The SMILES string of the molecule is CNC(=O)C(C)S(=O)CC(=O)O. The number of carboxylic acids is 1. The van der Waals surface area contributed by atoms with E-state index in [4.69, 9.17) is 5.11 Å². The molecule has 0 heterocycles. The highest BCUT2D eigenvalue weighted by atomic mass is 32.2. The minimum Gasteiger partial charge on any atom is -0.481 e. The molecule has 0 aliphatic rings. The van der Waals surface area contributed by atoms with Gasteiger partial charge in [-0.3, -0.25) is 13.8 Å². The zero-order chi connectivity index (χ0) is 9.72. The van der Waals surface area contributed by atoms with Gasteiger partial charge < -0.3 is 10.4 Å². The molecule has 0 rings (SSSR count). The summed E-state index contributed by atoms with van der Waals surface area (Å²) in [4.78, 5) is 20.9. The van der Waals surface area contributed by atoms with Gasteiger partial charge in [-0.25, -0.2) is 0 Å². The number of carbonyl (C=O) groups is 2. The maximum atomic E-state index is 11.0. The molecule has 0 aliphatic heterocycles. The van der Waals surface area contributed by atoms with Gasteiger partial charge in [0.2, 0.25) is 5.91 Å². The van der Waals surface area contributed by atoms with E-state index in [0.29, 0.717) is 0 Å². The molecule has 2 atom stereocenters. The Morgan fingerprint density at radius 2 is 2.08 bits per heavy atom. The molecule has 0 radical (unpaired) electrons. The third-order valence-corrected chi connectivity index (χ3v) is 2.81. The molecule has 0 aromatic rings. The van der Waals surface area contributed by atoms with Crippen molar-refractivity contribution in [2.24, 2.45) is 0 Å². The lowest BCUT2D eigenvalue weighted by atomic mass is 10.4. The van der Waals surface area contributed by atoms with Gasteiger partial charge >= 0.3 is 5.97 Å². The van der Waals surface area contributed by atoms with E-state index in [1.165, 1.54) is 14.0 Å². The zero-order valence-electron chi connectivity index (χ0n) is 6.86. The van der Waals surface area contributed by atoms with Gasteiger partial charge in [-0.1, -0.05) is 0 Å². The minimum atomic E-state index is -1.64. The monoisotopic (exact) mass is 193 g/mol. The van der Waals surface area contributed by atoms with Crippen LogP contribution < -0.4 is 5.32 Å². The number of carboxylic acid groups (broad SMARTS) is 1. The molecule has 0 aliphatic carbocycles. The van der Waals surface area contributed by atoms with E-state index in [1.807, 2.05) is 0 Å². The lowest BCUT2D eigenvalue weighted by molar-refractivity contribution is -0.133. The second kappa shape index (κ2) is 4.87. The second-order valence-corrected chi connectivity index (χ2v) is 3.93. The molecule has 0 fully saturated rings. The molecule has 0 saturated heterocycles. The third-order valence-electron chi connectivity index (χ3n) is 1.28. The van der Waals surface area contributed by atoms with E-state index in [9.17, 15) is 13.8 Å². The molecule has 6 heteroatoms. The molecule has 0 aromatic carbocycles. The van der Waals surface area contributed by atoms with Crippen molar-refractivity contribution in [3.8, 4) is 0 Å². The minimum absolute atomic E-state index is 0.408. The maximum Gasteiger partial charge on any atom is 0.316 e. The Kier molecular flexibility index (Phi) is 4.50. The van der Waals surface area contributed by atoms with E-state index in [0.717, 1.165) is 0 Å². The molecule has 0 saturated carbocycles. The van der Waals surface area contributed by atoms with Gasteiger partial charge in [0.15, 0.2) is 0 Å². The van der Waals surface area contributed by atoms with Crippen molar-refractivity contribution in [3.05, 3.63) is 0 Å². The van der Waals surface area contributed by atoms with Crippen molar-refractivity contribution in [1.29, 1.82) is 0 Å². The van der Waals surface area contributed by atoms with E-state index < -0.39 is 33.7 Å². The summed E-state index contributed by atoms with van der Waals surface area (Å²) in [7, 11) is -0.223. The summed E-state index contributed by atoms with van der Waals surface area (Å²) in [6, 6.07) is 0. The molecule has 0 bridgehead atoms. The number of carbonyl (C=O) groups excluding carboxylic acids is 1. The first-order valence-corrected chi connectivity index (χ1v) is 4.67. The first kappa shape index (κ1) is 11.1. The summed E-state index contributed by atoms with van der Waals surface area (Å²) in [5.74, 6) is -2.06. The van der Waals surface area contributed by atoms with Crippen molar-refractivity contribution >= 4 is 22.7 Å². The molecule has 70 valence electrons. The predicted molar refractivity (Wildman–Crippen MR) is 44.2 cm³/mol. The van der Waals surface area contributed by atoms with Crippen molar-refractivity contribution < 1.29 is 18.9 Å². The normalized spacial score (nSPS) is 14.8. The molecule has 0 spiro atoms. The fourth-order valence-corrected chi connectivity index (χ4v) is 1.42. The largest absolute Gasteiger partial charge is 0.481 e. The first-order valence-electron chi connectivity index (χ1n) is 3.29. The number of aliphatic carboxylic acids is 1. The summed E-state index contributed by atoms with van der Waals surface area (Å²) in [5, 5.41) is 9.78. The third kappa shape index (κ3) is 3.47. The Bertz CT molecular complexity index is 216. The average molecular weight is 193 g/mol. The van der Waals surface area contributed by atoms with Gasteiger partial charge in [-0.2, -0.15) is 0 Å². The Morgan fingerprint density at radius 3 is 2.42 bits per heavy atom. The molecule has 0 aromatic heterocycles. The van der Waals surface area contributed by atoms with Gasteiger partial charge in [0, 0.05) is 17.8 Å². The summed E-state index contributed by atoms with van der Waals surface area (Å²) in [6.45, 7) is 1.43. The van der Waals surface area contributed by atoms with Crippen LogP contribution in [0.3, 0.4) is 0 Å². The zero-order valence-corrected chi connectivity index (χ0v) is 7.68. The summed E-state index contributed by atoms with van der Waals surface area (Å²) < 4.78 is 11.0. The average Bonchev–Trinajstić information content (AvgIpc) is 2.00. The van der Waals surface area contributed by atoms with Crippen LogP contribution in [0.2, 0.25) is 0 Å². The van der Waals surface area contributed by atoms with Crippen molar-refractivity contribution in [2.45, 2.75) is 12.2 Å². The van der Waals surface area contributed by atoms with Crippen LogP contribution >= 0.6 is 0 Å². The van der Waals surface area contributed by atoms with Crippen molar-refractivity contribution in [2.75, 3.05) is 12.8 Å². The first-order chi connectivity index (χ1) is 5.49. The Hall–Kier alpha value is -0.910. The standard InChI is InChI=1S/C6H11NO4S/c1-4(6(10)7-2)12(11)3-5(8)9/h4H,3H2,1-2H3,(H,7,10)(H,8,9). The topological polar surface area (TPSA) is 83.5 Å². The molecular formula is C6H11NO4S. The van der Waals surface area contributed by atoms with Gasteiger partial charge in [-0.05, 0) is 6.92 Å². The lowest BCUT2D eigenvalue weighted by Crippen LogP contribution is -2.34. The van der Waals surface area contributed by atoms with E-state index in [1.54, 1.807) is 0 Å². The van der Waals surface area contributed by atoms with Gasteiger partial charge in [0.05, 0.1) is 0 Å². The molecule has 2 unspecified atom stereocenters. The summed E-state index contributed by atoms with van der Waals surface area (Å²) in [6.07, 6.45) is 0. The Labute approximate surface area is 72.6 Å². The predicted octanol–water partition coefficient (Wildman–Crippen LogP) is -1.05. The van der Waals surface area contributed by atoms with Crippen LogP contribution in [0.25, 0.3) is 0 Å². The van der Waals surface area contributed by atoms with Crippen molar-refractivity contribution in [1.82, 2.24) is 5.32 Å². The van der Waals surface area contributed by atoms with Crippen LogP contribution in [0.4, 0.5) is 0 Å². The van der Waals surface area contributed by atoms with Crippen LogP contribution in [-0.2, 0) is 20.4 Å².